The summed E-state index contributed by atoms with van der Waals surface area (Å²) >= 11 is 0. The lowest BCUT2D eigenvalue weighted by Gasteiger charge is -2.40. The van der Waals surface area contributed by atoms with Crippen LogP contribution in [0.4, 0.5) is 13.2 Å². The molecule has 3 aliphatic rings. The molecule has 2 aliphatic carbocycles. The minimum Gasteiger partial charge on any atom is -0.475 e. The van der Waals surface area contributed by atoms with Gasteiger partial charge in [-0.25, -0.2) is 4.79 Å². The van der Waals surface area contributed by atoms with E-state index in [1.807, 2.05) is 17.9 Å². The van der Waals surface area contributed by atoms with E-state index in [9.17, 15) is 18.0 Å². The fourth-order valence-corrected chi connectivity index (χ4v) is 5.41. The quantitative estimate of drug-likeness (QED) is 0.679. The Balaban J connectivity index is 0.000000364. The zero-order valence-corrected chi connectivity index (χ0v) is 19.7. The molecule has 2 N–H and O–H groups in total. The van der Waals surface area contributed by atoms with Gasteiger partial charge in [-0.2, -0.15) is 18.3 Å². The Morgan fingerprint density at radius 1 is 1.20 bits per heavy atom. The molecule has 0 bridgehead atoms. The molecule has 2 heterocycles. The summed E-state index contributed by atoms with van der Waals surface area (Å²) in [6.07, 6.45) is 5.79. The van der Waals surface area contributed by atoms with E-state index >= 15 is 0 Å². The zero-order valence-electron chi connectivity index (χ0n) is 19.7. The third-order valence-electron chi connectivity index (χ3n) is 7.49. The summed E-state index contributed by atoms with van der Waals surface area (Å²) in [6, 6.07) is 9.13. The molecule has 7 nitrogen and oxygen atoms in total. The smallest absolute Gasteiger partial charge is 0.475 e. The number of fused-ring (bicyclic) bond motifs is 2. The van der Waals surface area contributed by atoms with Crippen molar-refractivity contribution in [2.75, 3.05) is 13.1 Å². The number of hydrogen-bond donors (Lipinski definition) is 2. The molecule has 0 radical (unpaired) electrons. The molecule has 1 unspecified atom stereocenters. The van der Waals surface area contributed by atoms with Gasteiger partial charge in [0.15, 0.2) is 0 Å². The fraction of sp³-hybridized carbons (Fsp3) is 0.560. The van der Waals surface area contributed by atoms with Gasteiger partial charge < -0.3 is 10.4 Å². The third-order valence-corrected chi connectivity index (χ3v) is 7.49. The van der Waals surface area contributed by atoms with Crippen LogP contribution in [0.3, 0.4) is 0 Å². The Bertz CT molecular complexity index is 1060. The van der Waals surface area contributed by atoms with Gasteiger partial charge >= 0.3 is 12.1 Å². The van der Waals surface area contributed by atoms with Crippen molar-refractivity contribution in [3.05, 3.63) is 53.3 Å². The Morgan fingerprint density at radius 3 is 2.40 bits per heavy atom. The van der Waals surface area contributed by atoms with E-state index in [-0.39, 0.29) is 17.2 Å². The lowest BCUT2D eigenvalue weighted by molar-refractivity contribution is -0.192. The molecule has 1 aliphatic heterocycles. The predicted molar refractivity (Wildman–Crippen MR) is 123 cm³/mol. The number of carboxylic acids is 1. The molecule has 35 heavy (non-hydrogen) atoms. The molecule has 10 heteroatoms. The highest BCUT2D eigenvalue weighted by Gasteiger charge is 2.47. The second kappa shape index (κ2) is 10.0. The molecule has 2 aromatic rings. The van der Waals surface area contributed by atoms with Crippen LogP contribution in [-0.2, 0) is 28.6 Å². The van der Waals surface area contributed by atoms with Gasteiger partial charge in [0.1, 0.15) is 0 Å². The van der Waals surface area contributed by atoms with Crippen molar-refractivity contribution < 1.29 is 27.9 Å². The molecule has 1 atom stereocenters. The molecule has 1 aromatic carbocycles. The van der Waals surface area contributed by atoms with Crippen molar-refractivity contribution in [2.24, 2.45) is 7.05 Å². The average Bonchev–Trinajstić information content (AvgIpc) is 3.34. The van der Waals surface area contributed by atoms with E-state index in [1.54, 1.807) is 0 Å². The number of hydrogen-bond acceptors (Lipinski definition) is 4. The number of rotatable bonds is 4. The van der Waals surface area contributed by atoms with Crippen molar-refractivity contribution in [3.63, 3.8) is 0 Å². The van der Waals surface area contributed by atoms with Crippen molar-refractivity contribution in [1.29, 1.82) is 0 Å². The molecule has 1 spiro atoms. The van der Waals surface area contributed by atoms with Crippen molar-refractivity contribution >= 4 is 11.9 Å². The number of carboxylic acid groups (broad SMARTS) is 1. The number of piperidine rings is 1. The van der Waals surface area contributed by atoms with E-state index in [0.717, 1.165) is 51.7 Å². The monoisotopic (exact) mass is 492 g/mol. The lowest BCUT2D eigenvalue weighted by atomic mass is 9.73. The number of carbonyl (C=O) groups excluding carboxylic acids is 1. The summed E-state index contributed by atoms with van der Waals surface area (Å²) in [5.74, 6) is -2.47. The molecule has 2 fully saturated rings. The number of benzene rings is 1. The second-order valence-corrected chi connectivity index (χ2v) is 9.86. The second-order valence-electron chi connectivity index (χ2n) is 9.86. The normalized spacial score (nSPS) is 21.5. The van der Waals surface area contributed by atoms with Gasteiger partial charge in [-0.1, -0.05) is 24.3 Å². The van der Waals surface area contributed by atoms with Crippen molar-refractivity contribution in [2.45, 2.75) is 68.6 Å². The summed E-state index contributed by atoms with van der Waals surface area (Å²) in [5.41, 5.74) is 4.16. The van der Waals surface area contributed by atoms with Gasteiger partial charge in [0.2, 0.25) is 5.91 Å². The van der Waals surface area contributed by atoms with Crippen molar-refractivity contribution in [3.8, 4) is 0 Å². The first-order chi connectivity index (χ1) is 16.6. The molecule has 1 amide bonds. The van der Waals surface area contributed by atoms with E-state index in [4.69, 9.17) is 9.90 Å². The molecule has 1 saturated heterocycles. The van der Waals surface area contributed by atoms with Crippen LogP contribution in [0.1, 0.15) is 61.1 Å². The van der Waals surface area contributed by atoms with E-state index < -0.39 is 12.1 Å². The van der Waals surface area contributed by atoms with Gasteiger partial charge in [0.05, 0.1) is 12.1 Å². The largest absolute Gasteiger partial charge is 0.490 e. The van der Waals surface area contributed by atoms with Gasteiger partial charge in [-0.15, -0.1) is 0 Å². The summed E-state index contributed by atoms with van der Waals surface area (Å²) in [4.78, 5) is 24.4. The van der Waals surface area contributed by atoms with Crippen LogP contribution in [0.15, 0.2) is 36.7 Å². The van der Waals surface area contributed by atoms with Crippen LogP contribution in [-0.4, -0.2) is 57.0 Å². The average molecular weight is 493 g/mol. The van der Waals surface area contributed by atoms with Crippen LogP contribution in [0.2, 0.25) is 0 Å². The summed E-state index contributed by atoms with van der Waals surface area (Å²) in [6.45, 7) is 3.14. The number of amides is 1. The summed E-state index contributed by atoms with van der Waals surface area (Å²) in [5, 5.41) is 14.7. The van der Waals surface area contributed by atoms with Gasteiger partial charge in [0.25, 0.3) is 0 Å². The third kappa shape index (κ3) is 5.69. The minimum atomic E-state index is -5.08. The molecule has 1 aromatic heterocycles. The van der Waals surface area contributed by atoms with E-state index in [0.29, 0.717) is 6.04 Å². The van der Waals surface area contributed by atoms with Crippen LogP contribution in [0.25, 0.3) is 0 Å². The Labute approximate surface area is 202 Å². The number of aromatic nitrogens is 2. The topological polar surface area (TPSA) is 87.5 Å². The number of halogens is 3. The minimum absolute atomic E-state index is 0.0293. The predicted octanol–water partition coefficient (Wildman–Crippen LogP) is 3.74. The first-order valence-electron chi connectivity index (χ1n) is 12.0. The highest BCUT2D eigenvalue weighted by molar-refractivity contribution is 5.86. The zero-order chi connectivity index (χ0) is 25.2. The Morgan fingerprint density at radius 2 is 1.86 bits per heavy atom. The van der Waals surface area contributed by atoms with E-state index in [2.05, 4.69) is 45.8 Å². The van der Waals surface area contributed by atoms with Crippen LogP contribution in [0.5, 0.6) is 0 Å². The maximum Gasteiger partial charge on any atom is 0.490 e. The van der Waals surface area contributed by atoms with Crippen LogP contribution >= 0.6 is 0 Å². The standard InChI is InChI=1S/C23H30N4O.C2HF3O2/c1-26-15-17(14-24-26)16-27-11-9-23(10-12-27)13-20(19-7-2-3-8-21(19)23)22(28)25-18-5-4-6-18;3-2(4,5)1(6)7/h2-3,7-8,14-15,18,20H,4-6,9-13,16H2,1H3,(H,25,28);(H,6,7). The lowest BCUT2D eigenvalue weighted by Crippen LogP contribution is -2.43. The number of nitrogens with zero attached hydrogens (tertiary/aromatic N) is 3. The van der Waals surface area contributed by atoms with Crippen LogP contribution in [0, 0.1) is 0 Å². The number of aryl methyl sites for hydroxylation is 1. The molecular formula is C25H31F3N4O3. The highest BCUT2D eigenvalue weighted by Crippen LogP contribution is 2.51. The first kappa shape index (κ1) is 25.2. The Hall–Kier alpha value is -2.88. The van der Waals surface area contributed by atoms with Crippen molar-refractivity contribution in [1.82, 2.24) is 20.0 Å². The fourth-order valence-electron chi connectivity index (χ4n) is 5.41. The number of alkyl halides is 3. The summed E-state index contributed by atoms with van der Waals surface area (Å²) < 4.78 is 33.6. The number of likely N-dealkylation sites (tertiary alicyclic amines) is 1. The SMILES string of the molecule is Cn1cc(CN2CCC3(CC2)CC(C(=O)NC2CCC2)c2ccccc23)cn1.O=C(O)C(F)(F)F. The first-order valence-corrected chi connectivity index (χ1v) is 12.0. The molecular weight excluding hydrogens is 461 g/mol. The van der Waals surface area contributed by atoms with E-state index in [1.165, 1.54) is 23.1 Å². The maximum atomic E-state index is 13.0. The van der Waals surface area contributed by atoms with Crippen LogP contribution < -0.4 is 5.32 Å². The molecule has 1 saturated carbocycles. The highest BCUT2D eigenvalue weighted by atomic mass is 19.4. The molecule has 190 valence electrons. The number of carbonyl (C=O) groups is 2. The summed E-state index contributed by atoms with van der Waals surface area (Å²) in [7, 11) is 1.97. The van der Waals surface area contributed by atoms with Gasteiger partial charge in [0, 0.05) is 31.4 Å². The van der Waals surface area contributed by atoms with Gasteiger partial charge in [-0.3, -0.25) is 14.4 Å². The van der Waals surface area contributed by atoms with Gasteiger partial charge in [-0.05, 0) is 68.2 Å². The number of nitrogens with one attached hydrogen (secondary N) is 1. The maximum absolute atomic E-state index is 13.0. The number of aliphatic carboxylic acids is 1. The Kier molecular flexibility index (Phi) is 7.21. The molecule has 5 rings (SSSR count).